The van der Waals surface area contributed by atoms with E-state index >= 15 is 0 Å². The van der Waals surface area contributed by atoms with E-state index in [9.17, 15) is 26.3 Å². The third-order valence-electron chi connectivity index (χ3n) is 8.29. The number of anilines is 4. The number of nitrogens with zero attached hydrogens (tertiary/aromatic N) is 4. The average molecular weight is 758 g/mol. The van der Waals surface area contributed by atoms with Crippen LogP contribution < -0.4 is 25.1 Å². The highest BCUT2D eigenvalue weighted by atomic mass is 35.5. The third kappa shape index (κ3) is 9.16. The molecule has 2 fully saturated rings. The summed E-state index contributed by atoms with van der Waals surface area (Å²) in [4.78, 5) is 13.4. The number of alkyl halides is 6. The summed E-state index contributed by atoms with van der Waals surface area (Å²) in [5.41, 5.74) is 1.79. The summed E-state index contributed by atoms with van der Waals surface area (Å²) in [5, 5.41) is 15.5. The van der Waals surface area contributed by atoms with Crippen LogP contribution in [0.4, 0.5) is 49.4 Å². The number of rotatable bonds is 3. The topological polar surface area (TPSA) is 85.8 Å². The maximum absolute atomic E-state index is 12.8. The maximum atomic E-state index is 12.8. The zero-order valence-electron chi connectivity index (χ0n) is 26.2. The lowest BCUT2D eigenvalue weighted by molar-refractivity contribution is -0.138. The van der Waals surface area contributed by atoms with E-state index in [-0.39, 0.29) is 32.7 Å². The fourth-order valence-electron chi connectivity index (χ4n) is 6.01. The van der Waals surface area contributed by atoms with Crippen molar-refractivity contribution in [3.05, 3.63) is 89.1 Å². The molecule has 8 nitrogen and oxygen atoms in total. The molecule has 4 aliphatic rings. The number of fused-ring (bicyclic) bond motifs is 8. The van der Waals surface area contributed by atoms with Gasteiger partial charge in [0.15, 0.2) is 11.6 Å². The molecule has 0 spiro atoms. The molecule has 2 aromatic heterocycles. The second kappa shape index (κ2) is 16.1. The van der Waals surface area contributed by atoms with E-state index in [0.29, 0.717) is 36.2 Å². The first-order chi connectivity index (χ1) is 22.9. The Kier molecular flexibility index (Phi) is 12.6. The van der Waals surface area contributed by atoms with Gasteiger partial charge in [0.05, 0.1) is 28.2 Å². The first-order valence-electron chi connectivity index (χ1n) is 15.1. The molecule has 2 saturated heterocycles. The molecule has 0 aliphatic carbocycles. The Morgan fingerprint density at radius 2 is 1.28 bits per heavy atom. The van der Waals surface area contributed by atoms with E-state index < -0.39 is 23.5 Å². The zero-order valence-corrected chi connectivity index (χ0v) is 28.9. The van der Waals surface area contributed by atoms with Crippen LogP contribution in [0.25, 0.3) is 11.3 Å². The van der Waals surface area contributed by atoms with E-state index in [0.717, 1.165) is 74.2 Å². The lowest BCUT2D eigenvalue weighted by Gasteiger charge is -2.28. The van der Waals surface area contributed by atoms with Gasteiger partial charge in [-0.15, -0.1) is 0 Å². The predicted octanol–water partition coefficient (Wildman–Crippen LogP) is 7.35. The van der Waals surface area contributed by atoms with Crippen molar-refractivity contribution in [3.63, 3.8) is 0 Å². The normalized spacial score (nSPS) is 17.8. The number of halogens is 7. The Morgan fingerprint density at radius 3 is 1.86 bits per heavy atom. The molecule has 2 atom stereocenters. The molecule has 267 valence electrons. The van der Waals surface area contributed by atoms with Crippen molar-refractivity contribution in [1.82, 2.24) is 9.97 Å². The van der Waals surface area contributed by atoms with Crippen LogP contribution >= 0.6 is 38.6 Å². The quantitative estimate of drug-likeness (QED) is 0.114. The molecular formula is C32H33BClF6N6O2S2. The van der Waals surface area contributed by atoms with E-state index in [1.807, 2.05) is 18.2 Å². The van der Waals surface area contributed by atoms with Crippen LogP contribution in [0.15, 0.2) is 72.8 Å². The number of nitrogens with one attached hydrogen (secondary N) is 2. The van der Waals surface area contributed by atoms with Gasteiger partial charge in [-0.05, 0) is 67.4 Å². The van der Waals surface area contributed by atoms with E-state index in [1.54, 1.807) is 12.1 Å². The number of hydrogen-bond donors (Lipinski definition) is 3. The smallest absolute Gasteiger partial charge is 0.537 e. The Morgan fingerprint density at radius 1 is 0.740 bits per heavy atom. The van der Waals surface area contributed by atoms with Crippen molar-refractivity contribution in [2.45, 2.75) is 37.3 Å². The molecule has 4 aromatic rings. The summed E-state index contributed by atoms with van der Waals surface area (Å²) in [6.07, 6.45) is -6.47. The van der Waals surface area contributed by atoms with Gasteiger partial charge in [0, 0.05) is 43.8 Å². The molecule has 4 bridgehead atoms. The van der Waals surface area contributed by atoms with Crippen LogP contribution in [0.2, 0.25) is 5.15 Å². The molecule has 0 amide bonds. The van der Waals surface area contributed by atoms with Gasteiger partial charge in [0.25, 0.3) is 0 Å². The minimum absolute atomic E-state index is 0. The molecule has 0 unspecified atom stereocenters. The van der Waals surface area contributed by atoms with E-state index in [2.05, 4.69) is 35.1 Å². The van der Waals surface area contributed by atoms with Crippen LogP contribution in [0, 0.1) is 0 Å². The largest absolute Gasteiger partial charge is 0.569 e. The highest BCUT2D eigenvalue weighted by molar-refractivity contribution is 7.59. The minimum atomic E-state index is -4.39. The molecule has 18 heteroatoms. The fourth-order valence-corrected chi connectivity index (χ4v) is 6.15. The molecule has 3 N–H and O–H groups in total. The standard InChI is InChI=1S/C16H14F3N3.C9H10ClN3.C7H5BF3O2.2H2S/c17-16(18,19)11-3-1-2-10(8-11)13-4-5-14-15(21-13)20-12-6-7-22(14)9-12;10-8-2-1-7-9(12-8)11-6-3-4-13(7)5-6;9-7(10,11)5-2-1-3-6(4-5)13-8-12;;/h1-5,8,12H,6-7,9H2,(H,20,21);1-2,6H,3-5H2,(H,11,12);1-4,12H;2*1H2/t12-;6-;;;/m00.../s1. The van der Waals surface area contributed by atoms with Crippen molar-refractivity contribution >= 4 is 69.3 Å². The molecule has 1 radical (unpaired) electrons. The van der Waals surface area contributed by atoms with Gasteiger partial charge in [-0.1, -0.05) is 29.8 Å². The van der Waals surface area contributed by atoms with Crippen molar-refractivity contribution in [1.29, 1.82) is 0 Å². The SMILES string of the molecule is Clc1ccc2c(n1)N[C@H]1CCN2C1.FC(F)(F)c1cccc(-c2ccc3c(n2)N[C@H]2CCN3C2)c1.O[B]Oc1cccc(C(F)(F)F)c1.S.S. The lowest BCUT2D eigenvalue weighted by atomic mass is 10.1. The average Bonchev–Trinajstić information content (AvgIpc) is 3.64. The number of hydrogen-bond acceptors (Lipinski definition) is 8. The Labute approximate surface area is 304 Å². The summed E-state index contributed by atoms with van der Waals surface area (Å²) in [6.45, 7) is 4.21. The second-order valence-electron chi connectivity index (χ2n) is 11.5. The third-order valence-corrected chi connectivity index (χ3v) is 8.50. The number of aromatic nitrogens is 2. The zero-order chi connectivity index (χ0) is 34.1. The van der Waals surface area contributed by atoms with Crippen LogP contribution in [0.5, 0.6) is 5.75 Å². The summed E-state index contributed by atoms with van der Waals surface area (Å²) in [7, 11) is 0.329. The van der Waals surface area contributed by atoms with Crippen molar-refractivity contribution in [2.75, 3.05) is 46.6 Å². The highest BCUT2D eigenvalue weighted by Crippen LogP contribution is 2.38. The Balaban J connectivity index is 0.000000175. The van der Waals surface area contributed by atoms with E-state index in [1.165, 1.54) is 30.3 Å². The van der Waals surface area contributed by atoms with Crippen LogP contribution in [-0.4, -0.2) is 60.9 Å². The summed E-state index contributed by atoms with van der Waals surface area (Å²) in [6, 6.07) is 18.1. The summed E-state index contributed by atoms with van der Waals surface area (Å²) in [5.74, 6) is 1.65. The van der Waals surface area contributed by atoms with Gasteiger partial charge in [-0.3, -0.25) is 0 Å². The van der Waals surface area contributed by atoms with Gasteiger partial charge in [0.1, 0.15) is 10.9 Å². The maximum Gasteiger partial charge on any atom is 0.569 e. The molecule has 6 heterocycles. The second-order valence-corrected chi connectivity index (χ2v) is 11.9. The molecule has 0 saturated carbocycles. The Bertz CT molecular complexity index is 1780. The molecule has 2 aromatic carbocycles. The summed E-state index contributed by atoms with van der Waals surface area (Å²) >= 11 is 5.82. The predicted molar refractivity (Wildman–Crippen MR) is 193 cm³/mol. The molecule has 50 heavy (non-hydrogen) atoms. The van der Waals surface area contributed by atoms with Gasteiger partial charge in [-0.2, -0.15) is 53.3 Å². The summed E-state index contributed by atoms with van der Waals surface area (Å²) < 4.78 is 79.1. The number of benzene rings is 2. The Hall–Kier alpha value is -3.67. The molecular weight excluding hydrogens is 725 g/mol. The first kappa shape index (κ1) is 39.1. The fraction of sp³-hybridized carbons (Fsp3) is 0.312. The van der Waals surface area contributed by atoms with Crippen molar-refractivity contribution in [2.24, 2.45) is 0 Å². The van der Waals surface area contributed by atoms with Crippen molar-refractivity contribution < 1.29 is 36.0 Å². The first-order valence-corrected chi connectivity index (χ1v) is 15.4. The minimum Gasteiger partial charge on any atom is -0.537 e. The van der Waals surface area contributed by atoms with Gasteiger partial charge in [0.2, 0.25) is 0 Å². The van der Waals surface area contributed by atoms with Gasteiger partial charge < -0.3 is 30.1 Å². The molecule has 4 aliphatic heterocycles. The van der Waals surface area contributed by atoms with E-state index in [4.69, 9.17) is 16.6 Å². The van der Waals surface area contributed by atoms with Gasteiger partial charge in [-0.25, -0.2) is 9.97 Å². The highest BCUT2D eigenvalue weighted by Gasteiger charge is 2.33. The van der Waals surface area contributed by atoms with Crippen molar-refractivity contribution in [3.8, 4) is 17.0 Å². The monoisotopic (exact) mass is 757 g/mol. The molecule has 8 rings (SSSR count). The van der Waals surface area contributed by atoms with Gasteiger partial charge >= 0.3 is 20.0 Å². The lowest BCUT2D eigenvalue weighted by Crippen LogP contribution is -2.32. The van der Waals surface area contributed by atoms with Crippen LogP contribution in [0.1, 0.15) is 24.0 Å². The number of pyridine rings is 2. The van der Waals surface area contributed by atoms with Crippen LogP contribution in [-0.2, 0) is 12.4 Å². The van der Waals surface area contributed by atoms with Crippen LogP contribution in [0.3, 0.4) is 0 Å².